The van der Waals surface area contributed by atoms with Crippen LogP contribution in [0.3, 0.4) is 0 Å². The molecule has 10 heavy (non-hydrogen) atoms. The van der Waals surface area contributed by atoms with Crippen LogP contribution in [0.4, 0.5) is 0 Å². The van der Waals surface area contributed by atoms with Gasteiger partial charge in [0.1, 0.15) is 0 Å². The van der Waals surface area contributed by atoms with Crippen LogP contribution in [0.25, 0.3) is 0 Å². The molecule has 0 amide bonds. The Kier molecular flexibility index (Phi) is 3.81. The molecule has 1 fully saturated rings. The van der Waals surface area contributed by atoms with E-state index in [4.69, 9.17) is 0 Å². The van der Waals surface area contributed by atoms with E-state index in [1.807, 2.05) is 22.3 Å². The Morgan fingerprint density at radius 1 is 1.30 bits per heavy atom. The first-order valence-electron chi connectivity index (χ1n) is 4.15. The Morgan fingerprint density at radius 3 is 2.40 bits per heavy atom. The van der Waals surface area contributed by atoms with Crippen molar-refractivity contribution < 1.29 is 0 Å². The zero-order valence-corrected chi connectivity index (χ0v) is 8.97. The molecular weight excluding hydrogens is 236 g/mol. The van der Waals surface area contributed by atoms with Crippen LogP contribution in [-0.4, -0.2) is 22.3 Å². The normalized spacial score (nSPS) is 24.1. The van der Waals surface area contributed by atoms with Gasteiger partial charge in [0.2, 0.25) is 0 Å². The summed E-state index contributed by atoms with van der Waals surface area (Å²) in [5.74, 6) is 0.972. The SMILES string of the molecule is C=CC([TeH])C1CCCCC1. The van der Waals surface area contributed by atoms with E-state index in [0.29, 0.717) is 0 Å². The predicted octanol–water partition coefficient (Wildman–Crippen LogP) is 2.44. The molecule has 1 atom stereocenters. The average Bonchev–Trinajstić information content (AvgIpc) is 2.05. The van der Waals surface area contributed by atoms with Gasteiger partial charge in [-0.25, -0.2) is 0 Å². The van der Waals surface area contributed by atoms with Crippen molar-refractivity contribution in [1.29, 1.82) is 0 Å². The summed E-state index contributed by atoms with van der Waals surface area (Å²) >= 11 is 1.94. The third-order valence-electron chi connectivity index (χ3n) is 2.37. The summed E-state index contributed by atoms with van der Waals surface area (Å²) < 4.78 is 0.800. The molecule has 0 N–H and O–H groups in total. The van der Waals surface area contributed by atoms with Crippen LogP contribution >= 0.6 is 0 Å². The van der Waals surface area contributed by atoms with Gasteiger partial charge in [0.25, 0.3) is 0 Å². The third kappa shape index (κ3) is 2.29. The minimum atomic E-state index is 0.800. The minimum absolute atomic E-state index is 0.800. The number of hydrogen-bond acceptors (Lipinski definition) is 0. The molecule has 1 heteroatoms. The second-order valence-corrected chi connectivity index (χ2v) is 4.83. The molecule has 0 aromatic carbocycles. The van der Waals surface area contributed by atoms with E-state index in [0.717, 1.165) is 9.88 Å². The van der Waals surface area contributed by atoms with Gasteiger partial charge in [-0.2, -0.15) is 0 Å². The Labute approximate surface area is 77.0 Å². The zero-order chi connectivity index (χ0) is 7.40. The second kappa shape index (κ2) is 4.42. The van der Waals surface area contributed by atoms with E-state index in [1.165, 1.54) is 32.1 Å². The van der Waals surface area contributed by atoms with Gasteiger partial charge in [0.15, 0.2) is 0 Å². The van der Waals surface area contributed by atoms with E-state index in [2.05, 4.69) is 12.7 Å². The molecule has 58 valence electrons. The first-order chi connectivity index (χ1) is 4.84. The molecule has 0 bridgehead atoms. The molecule has 0 aliphatic heterocycles. The predicted molar refractivity (Wildman–Crippen MR) is 47.7 cm³/mol. The number of rotatable bonds is 2. The van der Waals surface area contributed by atoms with E-state index in [9.17, 15) is 0 Å². The maximum atomic E-state index is 3.85. The van der Waals surface area contributed by atoms with Crippen molar-refractivity contribution in [3.8, 4) is 0 Å². The summed E-state index contributed by atoms with van der Waals surface area (Å²) in [5.41, 5.74) is 0. The van der Waals surface area contributed by atoms with Crippen LogP contribution in [0.2, 0.25) is 3.97 Å². The summed E-state index contributed by atoms with van der Waals surface area (Å²) in [4.78, 5) is 0. The fourth-order valence-corrected chi connectivity index (χ4v) is 2.52. The molecule has 1 saturated carbocycles. The first kappa shape index (κ1) is 8.62. The van der Waals surface area contributed by atoms with Crippen molar-refractivity contribution in [2.45, 2.75) is 36.1 Å². The number of allylic oxidation sites excluding steroid dienone is 1. The Bertz CT molecular complexity index is 103. The molecule has 0 nitrogen and oxygen atoms in total. The molecule has 0 spiro atoms. The van der Waals surface area contributed by atoms with Crippen LogP contribution < -0.4 is 0 Å². The van der Waals surface area contributed by atoms with Crippen molar-refractivity contribution >= 4 is 22.3 Å². The van der Waals surface area contributed by atoms with Crippen LogP contribution in [0.1, 0.15) is 32.1 Å². The molecule has 1 unspecified atom stereocenters. The molecule has 1 rings (SSSR count). The summed E-state index contributed by atoms with van der Waals surface area (Å²) in [6, 6.07) is 0. The van der Waals surface area contributed by atoms with Gasteiger partial charge in [-0.15, -0.1) is 0 Å². The summed E-state index contributed by atoms with van der Waals surface area (Å²) in [5, 5.41) is 0. The summed E-state index contributed by atoms with van der Waals surface area (Å²) in [6.07, 6.45) is 9.40. The summed E-state index contributed by atoms with van der Waals surface area (Å²) in [6.45, 7) is 3.85. The van der Waals surface area contributed by atoms with Crippen LogP contribution in [0, 0.1) is 5.92 Å². The van der Waals surface area contributed by atoms with Crippen molar-refractivity contribution in [2.24, 2.45) is 5.92 Å². The van der Waals surface area contributed by atoms with Gasteiger partial charge in [0.05, 0.1) is 0 Å². The monoisotopic (exact) mass is 254 g/mol. The van der Waals surface area contributed by atoms with Crippen molar-refractivity contribution in [3.05, 3.63) is 12.7 Å². The topological polar surface area (TPSA) is 0 Å². The van der Waals surface area contributed by atoms with E-state index >= 15 is 0 Å². The van der Waals surface area contributed by atoms with Crippen molar-refractivity contribution in [1.82, 2.24) is 0 Å². The van der Waals surface area contributed by atoms with Gasteiger partial charge in [0, 0.05) is 0 Å². The number of hydrogen-bond donors (Lipinski definition) is 0. The van der Waals surface area contributed by atoms with Gasteiger partial charge >= 0.3 is 76.9 Å². The van der Waals surface area contributed by atoms with Crippen LogP contribution in [-0.2, 0) is 0 Å². The quantitative estimate of drug-likeness (QED) is 0.523. The second-order valence-electron chi connectivity index (χ2n) is 3.12. The Hall–Kier alpha value is 0.530. The fraction of sp³-hybridized carbons (Fsp3) is 0.778. The molecule has 0 aromatic heterocycles. The van der Waals surface area contributed by atoms with Crippen molar-refractivity contribution in [2.75, 3.05) is 0 Å². The zero-order valence-electron chi connectivity index (χ0n) is 6.42. The Balaban J connectivity index is 2.30. The van der Waals surface area contributed by atoms with Crippen molar-refractivity contribution in [3.63, 3.8) is 0 Å². The molecule has 1 aliphatic carbocycles. The maximum absolute atomic E-state index is 3.85. The molecule has 0 heterocycles. The Morgan fingerprint density at radius 2 is 1.90 bits per heavy atom. The van der Waals surface area contributed by atoms with Gasteiger partial charge in [-0.3, -0.25) is 0 Å². The van der Waals surface area contributed by atoms with Gasteiger partial charge in [-0.1, -0.05) is 0 Å². The van der Waals surface area contributed by atoms with Gasteiger partial charge in [-0.05, 0) is 0 Å². The first-order valence-corrected chi connectivity index (χ1v) is 5.62. The fourth-order valence-electron chi connectivity index (χ4n) is 1.67. The average molecular weight is 252 g/mol. The molecule has 0 radical (unpaired) electrons. The van der Waals surface area contributed by atoms with Crippen LogP contribution in [0.5, 0.6) is 0 Å². The van der Waals surface area contributed by atoms with E-state index in [-0.39, 0.29) is 0 Å². The third-order valence-corrected chi connectivity index (χ3v) is 4.18. The summed E-state index contributed by atoms with van der Waals surface area (Å²) in [7, 11) is 0. The molecule has 0 saturated heterocycles. The van der Waals surface area contributed by atoms with E-state index in [1.54, 1.807) is 0 Å². The van der Waals surface area contributed by atoms with Gasteiger partial charge < -0.3 is 0 Å². The molecule has 1 aliphatic rings. The van der Waals surface area contributed by atoms with Crippen LogP contribution in [0.15, 0.2) is 12.7 Å². The van der Waals surface area contributed by atoms with E-state index < -0.39 is 0 Å². The molecule has 0 aromatic rings. The molecular formula is C9H16Te. The standard InChI is InChI=1S/C9H16Te/c1-2-9(10)8-6-4-3-5-7-8/h2,8-10H,1,3-7H2.